The van der Waals surface area contributed by atoms with Crippen LogP contribution in [0.1, 0.15) is 74.3 Å². The van der Waals surface area contributed by atoms with Crippen molar-refractivity contribution in [3.8, 4) is 22.4 Å². The molecule has 8 heteroatoms. The molecule has 1 aromatic carbocycles. The first-order valence-electron chi connectivity index (χ1n) is 13.4. The maximum Gasteiger partial charge on any atom is 0.165 e. The number of nitrogen functional groups attached to an aromatic ring is 1. The molecule has 8 nitrogen and oxygen atoms in total. The van der Waals surface area contributed by atoms with Crippen molar-refractivity contribution in [2.24, 2.45) is 0 Å². The van der Waals surface area contributed by atoms with Gasteiger partial charge < -0.3 is 16.2 Å². The highest BCUT2D eigenvalue weighted by atomic mass is 16.2. The zero-order chi connectivity index (χ0) is 27.5. The number of benzene rings is 1. The summed E-state index contributed by atoms with van der Waals surface area (Å²) in [5.41, 5.74) is 12.2. The molecule has 0 bridgehead atoms. The van der Waals surface area contributed by atoms with E-state index in [1.165, 1.54) is 6.42 Å². The van der Waals surface area contributed by atoms with Gasteiger partial charge in [0, 0.05) is 35.4 Å². The standard InChI is InChI=1S/C25H25N5O.C3H8O.C2H7N/c1-16(31)22-23(18-10-6-3-7-11-18)29-25-20(15-28-30(25)24(22)26)19-12-13-21(27-14-19)17-8-4-2-5-9-17;1-2-3-4;1-3-2/h2,4-5,8-9,12-15,18H,3,6-7,10-11,26H2,1H3;4H,2-3H2,1H3;3H,1-2H3. The predicted octanol–water partition coefficient (Wildman–Crippen LogP) is 5.52. The third kappa shape index (κ3) is 6.82. The minimum Gasteiger partial charge on any atom is -0.396 e. The molecule has 4 aromatic rings. The summed E-state index contributed by atoms with van der Waals surface area (Å²) in [6, 6.07) is 14.1. The van der Waals surface area contributed by atoms with Gasteiger partial charge in [-0.05, 0) is 46.3 Å². The predicted molar refractivity (Wildman–Crippen MR) is 154 cm³/mol. The van der Waals surface area contributed by atoms with Crippen LogP contribution in [-0.4, -0.2) is 51.2 Å². The van der Waals surface area contributed by atoms with Crippen molar-refractivity contribution < 1.29 is 9.90 Å². The van der Waals surface area contributed by atoms with E-state index in [0.29, 0.717) is 23.6 Å². The van der Waals surface area contributed by atoms with Crippen LogP contribution in [0.5, 0.6) is 0 Å². The van der Waals surface area contributed by atoms with E-state index in [0.717, 1.165) is 60.2 Å². The summed E-state index contributed by atoms with van der Waals surface area (Å²) < 4.78 is 1.59. The fourth-order valence-electron chi connectivity index (χ4n) is 4.60. The molecule has 1 aliphatic carbocycles. The van der Waals surface area contributed by atoms with Gasteiger partial charge in [0.05, 0.1) is 23.1 Å². The minimum atomic E-state index is -0.0570. The number of carbonyl (C=O) groups excluding carboxylic acids is 1. The molecule has 38 heavy (non-hydrogen) atoms. The number of fused-ring (bicyclic) bond motifs is 1. The lowest BCUT2D eigenvalue weighted by Gasteiger charge is -2.23. The number of rotatable bonds is 5. The van der Waals surface area contributed by atoms with Gasteiger partial charge in [0.1, 0.15) is 5.82 Å². The first-order valence-corrected chi connectivity index (χ1v) is 13.4. The van der Waals surface area contributed by atoms with Crippen LogP contribution < -0.4 is 11.1 Å². The SMILES string of the molecule is CC(=O)c1c(C2CCCCC2)nc2c(-c3ccc(-c4ccccc4)nc3)cnn2c1N.CCCO.CNC. The average Bonchev–Trinajstić information content (AvgIpc) is 3.39. The molecular weight excluding hydrogens is 476 g/mol. The number of anilines is 1. The summed E-state index contributed by atoms with van der Waals surface area (Å²) >= 11 is 0. The van der Waals surface area contributed by atoms with Gasteiger partial charge in [-0.1, -0.05) is 62.6 Å². The van der Waals surface area contributed by atoms with E-state index in [-0.39, 0.29) is 11.7 Å². The number of hydrogen-bond donors (Lipinski definition) is 3. The third-order valence-corrected chi connectivity index (χ3v) is 6.42. The topological polar surface area (TPSA) is 118 Å². The van der Waals surface area contributed by atoms with Gasteiger partial charge in [-0.2, -0.15) is 9.61 Å². The molecule has 1 aliphatic rings. The highest BCUT2D eigenvalue weighted by Gasteiger charge is 2.26. The Labute approximate surface area is 225 Å². The van der Waals surface area contributed by atoms with Crippen molar-refractivity contribution in [1.29, 1.82) is 0 Å². The van der Waals surface area contributed by atoms with E-state index < -0.39 is 0 Å². The Balaban J connectivity index is 0.000000515. The van der Waals surface area contributed by atoms with Crippen LogP contribution in [0.2, 0.25) is 0 Å². The van der Waals surface area contributed by atoms with Crippen molar-refractivity contribution in [2.45, 2.75) is 58.3 Å². The maximum absolute atomic E-state index is 12.5. The van der Waals surface area contributed by atoms with Gasteiger partial charge in [-0.3, -0.25) is 9.78 Å². The maximum atomic E-state index is 12.5. The quantitative estimate of drug-likeness (QED) is 0.299. The van der Waals surface area contributed by atoms with Crippen molar-refractivity contribution >= 4 is 17.2 Å². The van der Waals surface area contributed by atoms with E-state index in [1.807, 2.05) is 69.7 Å². The molecule has 0 unspecified atom stereocenters. The van der Waals surface area contributed by atoms with E-state index in [2.05, 4.69) is 15.4 Å². The lowest BCUT2D eigenvalue weighted by atomic mass is 9.84. The summed E-state index contributed by atoms with van der Waals surface area (Å²) in [5.74, 6) is 0.581. The minimum absolute atomic E-state index is 0.0570. The molecule has 0 spiro atoms. The lowest BCUT2D eigenvalue weighted by molar-refractivity contribution is 0.101. The van der Waals surface area contributed by atoms with Crippen molar-refractivity contribution in [3.63, 3.8) is 0 Å². The number of nitrogens with one attached hydrogen (secondary N) is 1. The highest BCUT2D eigenvalue weighted by Crippen LogP contribution is 2.37. The fourth-order valence-corrected chi connectivity index (χ4v) is 4.60. The number of ketones is 1. The molecule has 0 atom stereocenters. The van der Waals surface area contributed by atoms with Crippen molar-refractivity contribution in [1.82, 2.24) is 24.9 Å². The van der Waals surface area contributed by atoms with Gasteiger partial charge >= 0.3 is 0 Å². The van der Waals surface area contributed by atoms with Crippen LogP contribution in [0.3, 0.4) is 0 Å². The first kappa shape index (κ1) is 28.9. The number of aliphatic hydroxyl groups excluding tert-OH is 1. The molecule has 4 N–H and O–H groups in total. The van der Waals surface area contributed by atoms with Crippen LogP contribution in [0, 0.1) is 0 Å². The molecule has 1 saturated carbocycles. The number of aliphatic hydroxyl groups is 1. The number of Topliss-reactive ketones (excluding diaryl/α,β-unsaturated/α-hetero) is 1. The number of carbonyl (C=O) groups is 1. The Kier molecular flexibility index (Phi) is 10.9. The van der Waals surface area contributed by atoms with Gasteiger partial charge in [0.25, 0.3) is 0 Å². The summed E-state index contributed by atoms with van der Waals surface area (Å²) in [7, 11) is 3.75. The molecule has 202 valence electrons. The molecule has 3 heterocycles. The van der Waals surface area contributed by atoms with Crippen molar-refractivity contribution in [3.05, 3.63) is 66.1 Å². The Morgan fingerprint density at radius 1 is 1.05 bits per heavy atom. The second-order valence-corrected chi connectivity index (χ2v) is 9.46. The average molecular weight is 517 g/mol. The largest absolute Gasteiger partial charge is 0.396 e. The zero-order valence-corrected chi connectivity index (χ0v) is 22.9. The van der Waals surface area contributed by atoms with Crippen LogP contribution in [0.15, 0.2) is 54.9 Å². The van der Waals surface area contributed by atoms with Crippen LogP contribution in [-0.2, 0) is 0 Å². The molecule has 0 amide bonds. The molecule has 5 rings (SSSR count). The fraction of sp³-hybridized carbons (Fsp3) is 0.400. The third-order valence-electron chi connectivity index (χ3n) is 6.42. The smallest absolute Gasteiger partial charge is 0.165 e. The zero-order valence-electron chi connectivity index (χ0n) is 22.9. The Morgan fingerprint density at radius 2 is 1.71 bits per heavy atom. The number of nitrogens with zero attached hydrogens (tertiary/aromatic N) is 4. The van der Waals surface area contributed by atoms with E-state index in [4.69, 9.17) is 15.8 Å². The molecular formula is C30H40N6O2. The normalized spacial score (nSPS) is 13.3. The van der Waals surface area contributed by atoms with Crippen LogP contribution in [0.25, 0.3) is 28.0 Å². The number of aromatic nitrogens is 4. The molecule has 0 saturated heterocycles. The second-order valence-electron chi connectivity index (χ2n) is 9.46. The van der Waals surface area contributed by atoms with Gasteiger partial charge in [0.2, 0.25) is 0 Å². The van der Waals surface area contributed by atoms with Crippen molar-refractivity contribution in [2.75, 3.05) is 26.4 Å². The lowest BCUT2D eigenvalue weighted by Crippen LogP contribution is -2.17. The number of pyridine rings is 1. The monoisotopic (exact) mass is 516 g/mol. The molecule has 0 radical (unpaired) electrons. The van der Waals surface area contributed by atoms with Crippen LogP contribution in [0.4, 0.5) is 5.82 Å². The number of hydrogen-bond acceptors (Lipinski definition) is 7. The summed E-state index contributed by atoms with van der Waals surface area (Å²) in [5, 5.41) is 15.1. The van der Waals surface area contributed by atoms with Crippen LogP contribution >= 0.6 is 0 Å². The summed E-state index contributed by atoms with van der Waals surface area (Å²) in [6.07, 6.45) is 10.1. The number of nitrogens with two attached hydrogens (primary N) is 1. The van der Waals surface area contributed by atoms with Gasteiger partial charge in [-0.25, -0.2) is 4.98 Å². The second kappa shape index (κ2) is 14.4. The Hall–Kier alpha value is -3.62. The first-order chi connectivity index (χ1) is 18.5. The van der Waals surface area contributed by atoms with Gasteiger partial charge in [-0.15, -0.1) is 0 Å². The molecule has 1 fully saturated rings. The summed E-state index contributed by atoms with van der Waals surface area (Å²) in [6.45, 7) is 3.81. The van der Waals surface area contributed by atoms with E-state index >= 15 is 0 Å². The Morgan fingerprint density at radius 3 is 2.26 bits per heavy atom. The van der Waals surface area contributed by atoms with E-state index in [9.17, 15) is 4.79 Å². The van der Waals surface area contributed by atoms with E-state index in [1.54, 1.807) is 17.6 Å². The van der Waals surface area contributed by atoms with Gasteiger partial charge in [0.15, 0.2) is 11.4 Å². The Bertz CT molecular complexity index is 1290. The molecule has 3 aromatic heterocycles. The summed E-state index contributed by atoms with van der Waals surface area (Å²) in [4.78, 5) is 22.1. The highest BCUT2D eigenvalue weighted by molar-refractivity contribution is 6.00. The molecule has 0 aliphatic heterocycles.